The van der Waals surface area contributed by atoms with Crippen LogP contribution in [0.15, 0.2) is 30.3 Å². The first-order valence-electron chi connectivity index (χ1n) is 11.7. The van der Waals surface area contributed by atoms with Crippen LogP contribution < -0.4 is 10.6 Å². The van der Waals surface area contributed by atoms with Crippen LogP contribution in [0.3, 0.4) is 0 Å². The lowest BCUT2D eigenvalue weighted by Gasteiger charge is -2.31. The lowest BCUT2D eigenvalue weighted by molar-refractivity contribution is -0.126. The van der Waals surface area contributed by atoms with Crippen molar-refractivity contribution >= 4 is 34.7 Å². The van der Waals surface area contributed by atoms with Crippen molar-refractivity contribution in [1.82, 2.24) is 25.3 Å². The molecule has 0 aliphatic carbocycles. The number of morpholine rings is 1. The van der Waals surface area contributed by atoms with Gasteiger partial charge in [0, 0.05) is 38.4 Å². The van der Waals surface area contributed by atoms with E-state index in [0.717, 1.165) is 63.4 Å². The first kappa shape index (κ1) is 24.2. The zero-order valence-corrected chi connectivity index (χ0v) is 19.9. The Morgan fingerprint density at radius 1 is 1.06 bits per heavy atom. The Labute approximate surface area is 202 Å². The smallest absolute Gasteiger partial charge is 0.286 e. The highest BCUT2D eigenvalue weighted by atomic mass is 32.1. The largest absolute Gasteiger partial charge is 0.379 e. The van der Waals surface area contributed by atoms with Gasteiger partial charge in [0.2, 0.25) is 15.9 Å². The number of benzene rings is 1. The van der Waals surface area contributed by atoms with Crippen molar-refractivity contribution in [2.75, 3.05) is 57.8 Å². The maximum absolute atomic E-state index is 13.0. The molecule has 1 atom stereocenters. The fourth-order valence-corrected chi connectivity index (χ4v) is 4.81. The van der Waals surface area contributed by atoms with Crippen LogP contribution in [0.5, 0.6) is 0 Å². The molecule has 2 aliphatic rings. The van der Waals surface area contributed by atoms with Crippen LogP contribution in [0, 0.1) is 5.92 Å². The van der Waals surface area contributed by atoms with Crippen LogP contribution in [-0.4, -0.2) is 90.2 Å². The molecule has 3 heterocycles. The number of hydrogen-bond acceptors (Lipinski definition) is 8. The fourth-order valence-electron chi connectivity index (χ4n) is 4.10. The fraction of sp³-hybridized carbons (Fsp3) is 0.522. The van der Waals surface area contributed by atoms with Gasteiger partial charge in [-0.05, 0) is 37.9 Å². The summed E-state index contributed by atoms with van der Waals surface area (Å²) in [5.74, 6) is -0.952. The molecule has 4 rings (SSSR count). The molecule has 182 valence electrons. The van der Waals surface area contributed by atoms with Crippen molar-refractivity contribution < 1.29 is 19.1 Å². The van der Waals surface area contributed by atoms with Crippen LogP contribution >= 0.6 is 11.3 Å². The molecule has 2 N–H and O–H groups in total. The number of hydrogen-bond donors (Lipinski definition) is 2. The predicted molar refractivity (Wildman–Crippen MR) is 128 cm³/mol. The maximum atomic E-state index is 13.0. The highest BCUT2D eigenvalue weighted by Gasteiger charge is 2.30. The predicted octanol–water partition coefficient (Wildman–Crippen LogP) is 1.48. The third-order valence-electron chi connectivity index (χ3n) is 5.97. The first-order valence-corrected chi connectivity index (χ1v) is 12.5. The van der Waals surface area contributed by atoms with E-state index < -0.39 is 5.91 Å². The molecule has 10 nitrogen and oxygen atoms in total. The Morgan fingerprint density at radius 3 is 2.62 bits per heavy atom. The Kier molecular flexibility index (Phi) is 8.56. The molecule has 2 saturated heterocycles. The van der Waals surface area contributed by atoms with Gasteiger partial charge >= 0.3 is 0 Å². The summed E-state index contributed by atoms with van der Waals surface area (Å²) in [6.45, 7) is 5.89. The lowest BCUT2D eigenvalue weighted by Crippen LogP contribution is -2.46. The first-order chi connectivity index (χ1) is 16.6. The molecule has 1 aromatic carbocycles. The molecule has 1 aromatic heterocycles. The molecule has 2 fully saturated rings. The highest BCUT2D eigenvalue weighted by molar-refractivity contribution is 7.15. The minimum Gasteiger partial charge on any atom is -0.379 e. The number of piperidine rings is 1. The summed E-state index contributed by atoms with van der Waals surface area (Å²) >= 11 is 0.962. The van der Waals surface area contributed by atoms with Gasteiger partial charge in [0.15, 0.2) is 0 Å². The number of amides is 3. The number of anilines is 1. The molecule has 0 spiro atoms. The van der Waals surface area contributed by atoms with E-state index in [1.807, 2.05) is 18.2 Å². The van der Waals surface area contributed by atoms with Gasteiger partial charge in [-0.3, -0.25) is 19.3 Å². The summed E-state index contributed by atoms with van der Waals surface area (Å²) in [5.41, 5.74) is 0.644. The molecular weight excluding hydrogens is 456 g/mol. The minimum atomic E-state index is -0.407. The maximum Gasteiger partial charge on any atom is 0.286 e. The number of nitrogens with one attached hydrogen (secondary N) is 2. The molecule has 2 aromatic rings. The van der Waals surface area contributed by atoms with E-state index in [-0.39, 0.29) is 27.7 Å². The Morgan fingerprint density at radius 2 is 1.82 bits per heavy atom. The Hall–Kier alpha value is -2.89. The molecule has 3 amide bonds. The molecule has 0 unspecified atom stereocenters. The van der Waals surface area contributed by atoms with Crippen molar-refractivity contribution in [2.24, 2.45) is 5.92 Å². The second-order valence-electron chi connectivity index (χ2n) is 8.42. The number of para-hydroxylation sites is 1. The van der Waals surface area contributed by atoms with Gasteiger partial charge in [-0.2, -0.15) is 0 Å². The van der Waals surface area contributed by atoms with Gasteiger partial charge < -0.3 is 20.3 Å². The average Bonchev–Trinajstić information content (AvgIpc) is 3.38. The number of likely N-dealkylation sites (tertiary alicyclic amines) is 1. The third-order valence-corrected chi connectivity index (χ3v) is 6.88. The summed E-state index contributed by atoms with van der Waals surface area (Å²) in [5, 5.41) is 13.9. The standard InChI is InChI=1S/C23H30N6O4S/c30-19(24-9-5-10-28-12-14-33-15-13-28)17-6-4-11-29(16-17)23(32)22-27-26-21(34-22)20(31)25-18-7-2-1-3-8-18/h1-3,7-8,17H,4-6,9-16H2,(H,24,30)(H,25,31)/t17-/m0/s1. The zero-order chi connectivity index (χ0) is 23.8. The number of rotatable bonds is 8. The molecule has 0 radical (unpaired) electrons. The summed E-state index contributed by atoms with van der Waals surface area (Å²) in [7, 11) is 0. The van der Waals surface area contributed by atoms with Crippen molar-refractivity contribution in [1.29, 1.82) is 0 Å². The number of carbonyl (C=O) groups excluding carboxylic acids is 3. The normalized spacial score (nSPS) is 18.9. The number of nitrogens with zero attached hydrogens (tertiary/aromatic N) is 4. The van der Waals surface area contributed by atoms with E-state index in [1.165, 1.54) is 0 Å². The van der Waals surface area contributed by atoms with Crippen LogP contribution in [0.1, 0.15) is 38.9 Å². The van der Waals surface area contributed by atoms with Gasteiger partial charge in [0.05, 0.1) is 19.1 Å². The van der Waals surface area contributed by atoms with Gasteiger partial charge in [0.1, 0.15) is 0 Å². The quantitative estimate of drug-likeness (QED) is 0.543. The molecule has 2 aliphatic heterocycles. The Bertz CT molecular complexity index is 979. The van der Waals surface area contributed by atoms with Crippen molar-refractivity contribution in [3.63, 3.8) is 0 Å². The number of ether oxygens (including phenoxy) is 1. The summed E-state index contributed by atoms with van der Waals surface area (Å²) < 4.78 is 5.35. The van der Waals surface area contributed by atoms with Crippen LogP contribution in [-0.2, 0) is 9.53 Å². The van der Waals surface area contributed by atoms with E-state index in [4.69, 9.17) is 4.74 Å². The monoisotopic (exact) mass is 486 g/mol. The summed E-state index contributed by atoms with van der Waals surface area (Å²) in [6.07, 6.45) is 2.39. The molecule has 34 heavy (non-hydrogen) atoms. The van der Waals surface area contributed by atoms with Crippen molar-refractivity contribution in [3.05, 3.63) is 40.3 Å². The van der Waals surface area contributed by atoms with Crippen LogP contribution in [0.4, 0.5) is 5.69 Å². The van der Waals surface area contributed by atoms with E-state index in [0.29, 0.717) is 25.3 Å². The molecule has 0 saturated carbocycles. The van der Waals surface area contributed by atoms with Gasteiger partial charge in [0.25, 0.3) is 11.8 Å². The second-order valence-corrected chi connectivity index (χ2v) is 9.40. The van der Waals surface area contributed by atoms with Crippen LogP contribution in [0.25, 0.3) is 0 Å². The third kappa shape index (κ3) is 6.58. The van der Waals surface area contributed by atoms with E-state index in [2.05, 4.69) is 25.7 Å². The average molecular weight is 487 g/mol. The topological polar surface area (TPSA) is 117 Å². The lowest BCUT2D eigenvalue weighted by atomic mass is 9.97. The SMILES string of the molecule is O=C(Nc1ccccc1)c1nnc(C(=O)N2CCC[C@H](C(=O)NCCCN3CCOCC3)C2)s1. The molecule has 11 heteroatoms. The van der Waals surface area contributed by atoms with Gasteiger partial charge in [-0.1, -0.05) is 29.5 Å². The van der Waals surface area contributed by atoms with E-state index in [1.54, 1.807) is 17.0 Å². The molecular formula is C23H30N6O4S. The van der Waals surface area contributed by atoms with E-state index in [9.17, 15) is 14.4 Å². The van der Waals surface area contributed by atoms with Gasteiger partial charge in [-0.15, -0.1) is 10.2 Å². The van der Waals surface area contributed by atoms with Gasteiger partial charge in [-0.25, -0.2) is 0 Å². The second kappa shape index (κ2) is 12.0. The van der Waals surface area contributed by atoms with Crippen molar-refractivity contribution in [2.45, 2.75) is 19.3 Å². The minimum absolute atomic E-state index is 0.0142. The molecule has 0 bridgehead atoms. The van der Waals surface area contributed by atoms with Crippen LogP contribution in [0.2, 0.25) is 0 Å². The zero-order valence-electron chi connectivity index (χ0n) is 19.1. The van der Waals surface area contributed by atoms with E-state index >= 15 is 0 Å². The number of aromatic nitrogens is 2. The highest BCUT2D eigenvalue weighted by Crippen LogP contribution is 2.21. The summed E-state index contributed by atoms with van der Waals surface area (Å²) in [6, 6.07) is 9.03. The van der Waals surface area contributed by atoms with Crippen molar-refractivity contribution in [3.8, 4) is 0 Å². The summed E-state index contributed by atoms with van der Waals surface area (Å²) in [4.78, 5) is 42.0. The number of carbonyl (C=O) groups is 3. The Balaban J connectivity index is 1.24.